The second-order valence-electron chi connectivity index (χ2n) is 8.52. The molecule has 0 saturated carbocycles. The fourth-order valence-electron chi connectivity index (χ4n) is 3.96. The minimum Gasteiger partial charge on any atom is -0.462 e. The number of furan rings is 1. The molecule has 0 aliphatic rings. The van der Waals surface area contributed by atoms with E-state index < -0.39 is 24.5 Å². The Morgan fingerprint density at radius 1 is 0.946 bits per heavy atom. The van der Waals surface area contributed by atoms with Gasteiger partial charge in [-0.25, -0.2) is 9.59 Å². The van der Waals surface area contributed by atoms with Gasteiger partial charge in [0, 0.05) is 30.4 Å². The zero-order chi connectivity index (χ0) is 26.9. The van der Waals surface area contributed by atoms with Crippen LogP contribution in [0.25, 0.3) is 21.7 Å². The van der Waals surface area contributed by atoms with Crippen molar-refractivity contribution in [2.45, 2.75) is 20.8 Å². The van der Waals surface area contributed by atoms with Crippen LogP contribution in [-0.2, 0) is 14.3 Å². The molecule has 2 amide bonds. The highest BCUT2D eigenvalue weighted by atomic mass is 32.1. The molecular weight excluding hydrogens is 496 g/mol. The Morgan fingerprint density at radius 3 is 2.38 bits per heavy atom. The summed E-state index contributed by atoms with van der Waals surface area (Å²) in [6.07, 6.45) is 0. The molecule has 10 heteroatoms. The molecule has 4 rings (SSSR count). The van der Waals surface area contributed by atoms with Crippen LogP contribution in [0.15, 0.2) is 40.8 Å². The molecule has 37 heavy (non-hydrogen) atoms. The van der Waals surface area contributed by atoms with Crippen molar-refractivity contribution in [3.05, 3.63) is 63.7 Å². The van der Waals surface area contributed by atoms with E-state index in [4.69, 9.17) is 13.9 Å². The highest BCUT2D eigenvalue weighted by molar-refractivity contribution is 7.18. The van der Waals surface area contributed by atoms with Crippen molar-refractivity contribution >= 4 is 61.8 Å². The Balaban J connectivity index is 1.53. The van der Waals surface area contributed by atoms with E-state index in [0.29, 0.717) is 21.6 Å². The van der Waals surface area contributed by atoms with Gasteiger partial charge in [-0.15, -0.1) is 11.3 Å². The number of amides is 2. The number of thiophene rings is 1. The van der Waals surface area contributed by atoms with Crippen molar-refractivity contribution in [1.82, 2.24) is 4.90 Å². The van der Waals surface area contributed by atoms with Crippen molar-refractivity contribution < 1.29 is 33.1 Å². The summed E-state index contributed by atoms with van der Waals surface area (Å²) < 4.78 is 16.2. The zero-order valence-corrected chi connectivity index (χ0v) is 21.9. The SMILES string of the molecule is CCOC(=O)c1c(NC(=O)COC(=O)c2oc3c(ccc4ccccc43)c2C)sc(C(=O)N(C)C)c1C. The van der Waals surface area contributed by atoms with Gasteiger partial charge in [0.05, 0.1) is 17.0 Å². The number of anilines is 1. The Kier molecular flexibility index (Phi) is 7.30. The molecule has 1 N–H and O–H groups in total. The third-order valence-corrected chi connectivity index (χ3v) is 7.02. The van der Waals surface area contributed by atoms with Crippen LogP contribution in [0.5, 0.6) is 0 Å². The number of nitrogens with one attached hydrogen (secondary N) is 1. The lowest BCUT2D eigenvalue weighted by Crippen LogP contribution is -2.22. The summed E-state index contributed by atoms with van der Waals surface area (Å²) in [6.45, 7) is 4.53. The van der Waals surface area contributed by atoms with Crippen LogP contribution in [0.2, 0.25) is 0 Å². The standard InChI is InChI=1S/C27H26N2O7S/c1-6-34-26(32)20-15(3)23(25(31)29(4)5)37-24(20)28-19(30)13-35-27(33)21-14(2)17-12-11-16-9-7-8-10-18(16)22(17)36-21/h7-12H,6,13H2,1-5H3,(H,28,30). The van der Waals surface area contributed by atoms with Crippen molar-refractivity contribution in [2.75, 3.05) is 32.6 Å². The van der Waals surface area contributed by atoms with E-state index in [9.17, 15) is 19.2 Å². The van der Waals surface area contributed by atoms with E-state index in [1.807, 2.05) is 36.4 Å². The number of carbonyl (C=O) groups is 4. The monoisotopic (exact) mass is 522 g/mol. The van der Waals surface area contributed by atoms with E-state index in [-0.39, 0.29) is 28.8 Å². The molecule has 0 radical (unpaired) electrons. The van der Waals surface area contributed by atoms with Crippen LogP contribution in [0.1, 0.15) is 48.6 Å². The van der Waals surface area contributed by atoms with Gasteiger partial charge in [0.25, 0.3) is 11.8 Å². The molecule has 2 heterocycles. The highest BCUT2D eigenvalue weighted by Crippen LogP contribution is 2.35. The van der Waals surface area contributed by atoms with Crippen molar-refractivity contribution in [1.29, 1.82) is 0 Å². The number of hydrogen-bond acceptors (Lipinski definition) is 8. The van der Waals surface area contributed by atoms with E-state index in [1.54, 1.807) is 34.9 Å². The summed E-state index contributed by atoms with van der Waals surface area (Å²) in [6, 6.07) is 11.5. The summed E-state index contributed by atoms with van der Waals surface area (Å²) in [5, 5.41) is 5.34. The number of hydrogen-bond donors (Lipinski definition) is 1. The molecule has 0 aliphatic carbocycles. The van der Waals surface area contributed by atoms with E-state index in [1.165, 1.54) is 4.90 Å². The molecular formula is C27H26N2O7S. The van der Waals surface area contributed by atoms with Crippen LogP contribution in [-0.4, -0.2) is 56.0 Å². The number of carbonyl (C=O) groups excluding carboxylic acids is 4. The molecule has 0 atom stereocenters. The first-order valence-electron chi connectivity index (χ1n) is 11.5. The summed E-state index contributed by atoms with van der Waals surface area (Å²) in [5.74, 6) is -2.43. The van der Waals surface area contributed by atoms with Gasteiger partial charge in [-0.3, -0.25) is 9.59 Å². The molecule has 0 bridgehead atoms. The van der Waals surface area contributed by atoms with Crippen molar-refractivity contribution in [2.24, 2.45) is 0 Å². The first-order valence-corrected chi connectivity index (χ1v) is 12.4. The third-order valence-electron chi connectivity index (χ3n) is 5.83. The highest BCUT2D eigenvalue weighted by Gasteiger charge is 2.28. The summed E-state index contributed by atoms with van der Waals surface area (Å²) >= 11 is 0.959. The number of aryl methyl sites for hydroxylation is 1. The fourth-order valence-corrected chi connectivity index (χ4v) is 5.19. The van der Waals surface area contributed by atoms with Gasteiger partial charge in [0.1, 0.15) is 10.6 Å². The lowest BCUT2D eigenvalue weighted by Gasteiger charge is -2.09. The zero-order valence-electron chi connectivity index (χ0n) is 21.1. The molecule has 9 nitrogen and oxygen atoms in total. The molecule has 192 valence electrons. The predicted octanol–water partition coefficient (Wildman–Crippen LogP) is 4.94. The maximum Gasteiger partial charge on any atom is 0.375 e. The smallest absolute Gasteiger partial charge is 0.375 e. The molecule has 0 spiro atoms. The first-order chi connectivity index (χ1) is 17.6. The topological polar surface area (TPSA) is 115 Å². The summed E-state index contributed by atoms with van der Waals surface area (Å²) in [4.78, 5) is 52.2. The normalized spacial score (nSPS) is 10.9. The number of nitrogens with zero attached hydrogens (tertiary/aromatic N) is 1. The third kappa shape index (κ3) is 4.92. The summed E-state index contributed by atoms with van der Waals surface area (Å²) in [7, 11) is 3.18. The lowest BCUT2D eigenvalue weighted by molar-refractivity contribution is -0.119. The molecule has 0 unspecified atom stereocenters. The average Bonchev–Trinajstić information content (AvgIpc) is 3.38. The second kappa shape index (κ2) is 10.4. The van der Waals surface area contributed by atoms with Gasteiger partial charge in [-0.2, -0.15) is 0 Å². The van der Waals surface area contributed by atoms with Gasteiger partial charge >= 0.3 is 11.9 Å². The number of benzene rings is 2. The van der Waals surface area contributed by atoms with Crippen molar-refractivity contribution in [3.8, 4) is 0 Å². The number of esters is 2. The van der Waals surface area contributed by atoms with Gasteiger partial charge in [0.2, 0.25) is 5.76 Å². The molecule has 4 aromatic rings. The first kappa shape index (κ1) is 25.9. The van der Waals surface area contributed by atoms with E-state index in [0.717, 1.165) is 27.5 Å². The van der Waals surface area contributed by atoms with Crippen LogP contribution < -0.4 is 5.32 Å². The quantitative estimate of drug-likeness (QED) is 0.342. The second-order valence-corrected chi connectivity index (χ2v) is 9.54. The van der Waals surface area contributed by atoms with Crippen LogP contribution in [0.4, 0.5) is 5.00 Å². The minimum absolute atomic E-state index is 0.0113. The van der Waals surface area contributed by atoms with Gasteiger partial charge in [-0.05, 0) is 31.7 Å². The Labute approximate surface area is 216 Å². The number of ether oxygens (including phenoxy) is 2. The Bertz CT molecular complexity index is 1550. The maximum atomic E-state index is 12.8. The summed E-state index contributed by atoms with van der Waals surface area (Å²) in [5.41, 5.74) is 1.67. The minimum atomic E-state index is -0.788. The molecule has 0 aliphatic heterocycles. The molecule has 2 aromatic carbocycles. The van der Waals surface area contributed by atoms with Gasteiger partial charge < -0.3 is 24.1 Å². The van der Waals surface area contributed by atoms with Crippen LogP contribution in [0.3, 0.4) is 0 Å². The lowest BCUT2D eigenvalue weighted by atomic mass is 10.1. The molecule has 0 saturated heterocycles. The largest absolute Gasteiger partial charge is 0.462 e. The predicted molar refractivity (Wildman–Crippen MR) is 140 cm³/mol. The molecule has 2 aromatic heterocycles. The average molecular weight is 523 g/mol. The molecule has 0 fully saturated rings. The van der Waals surface area contributed by atoms with Crippen LogP contribution in [0, 0.1) is 13.8 Å². The van der Waals surface area contributed by atoms with Gasteiger partial charge in [-0.1, -0.05) is 36.4 Å². The Hall–Kier alpha value is -4.18. The maximum absolute atomic E-state index is 12.8. The number of fused-ring (bicyclic) bond motifs is 3. The van der Waals surface area contributed by atoms with Crippen molar-refractivity contribution in [3.63, 3.8) is 0 Å². The van der Waals surface area contributed by atoms with Gasteiger partial charge in [0.15, 0.2) is 6.61 Å². The van der Waals surface area contributed by atoms with E-state index in [2.05, 4.69) is 5.32 Å². The Morgan fingerprint density at radius 2 is 1.68 bits per heavy atom. The fraction of sp³-hybridized carbons (Fsp3) is 0.259. The number of rotatable bonds is 7. The van der Waals surface area contributed by atoms with Crippen LogP contribution >= 0.6 is 11.3 Å². The van der Waals surface area contributed by atoms with E-state index >= 15 is 0 Å².